The average molecular weight is 399 g/mol. The number of thiophene rings is 1. The van der Waals surface area contributed by atoms with E-state index < -0.39 is 0 Å². The second-order valence-electron chi connectivity index (χ2n) is 6.90. The lowest BCUT2D eigenvalue weighted by atomic mass is 10.0. The van der Waals surface area contributed by atoms with Gasteiger partial charge in [-0.3, -0.25) is 9.59 Å². The van der Waals surface area contributed by atoms with E-state index in [-0.39, 0.29) is 11.6 Å². The van der Waals surface area contributed by atoms with Crippen molar-refractivity contribution in [2.75, 3.05) is 18.0 Å². The Morgan fingerprint density at radius 2 is 1.78 bits per heavy atom. The maximum Gasteiger partial charge on any atom is 0.187 e. The largest absolute Gasteiger partial charge is 0.348 e. The number of carbonyl (C=O) groups excluding carboxylic acids is 2. The van der Waals surface area contributed by atoms with Crippen LogP contribution in [0.3, 0.4) is 0 Å². The van der Waals surface area contributed by atoms with Crippen LogP contribution in [0, 0.1) is 0 Å². The van der Waals surface area contributed by atoms with E-state index in [4.69, 9.17) is 4.98 Å². The molecule has 3 heterocycles. The van der Waals surface area contributed by atoms with Crippen LogP contribution < -0.4 is 4.90 Å². The fraction of sp³-hybridized carbons (Fsp3) is 0.381. The quantitative estimate of drug-likeness (QED) is 0.524. The summed E-state index contributed by atoms with van der Waals surface area (Å²) in [6.45, 7) is 4.03. The molecule has 1 saturated heterocycles. The number of thiazole rings is 1. The molecular weight excluding hydrogens is 376 g/mol. The highest BCUT2D eigenvalue weighted by molar-refractivity contribution is 7.40. The third kappa shape index (κ3) is 3.96. The molecule has 1 aliphatic heterocycles. The van der Waals surface area contributed by atoms with Crippen molar-refractivity contribution in [2.45, 2.75) is 39.0 Å². The van der Waals surface area contributed by atoms with Crippen LogP contribution in [0.5, 0.6) is 0 Å². The van der Waals surface area contributed by atoms with Crippen molar-refractivity contribution >= 4 is 48.9 Å². The van der Waals surface area contributed by atoms with Gasteiger partial charge in [0.2, 0.25) is 0 Å². The van der Waals surface area contributed by atoms with Crippen molar-refractivity contribution < 1.29 is 9.59 Å². The molecule has 0 spiro atoms. The highest BCUT2D eigenvalue weighted by Crippen LogP contribution is 2.36. The Kier molecular flexibility index (Phi) is 5.36. The highest BCUT2D eigenvalue weighted by Gasteiger charge is 2.18. The lowest BCUT2D eigenvalue weighted by Crippen LogP contribution is -2.29. The number of ketones is 2. The lowest BCUT2D eigenvalue weighted by Gasteiger charge is -2.25. The predicted octanol–water partition coefficient (Wildman–Crippen LogP) is 5.37. The Labute approximate surface area is 166 Å². The zero-order valence-corrected chi connectivity index (χ0v) is 17.0. The summed E-state index contributed by atoms with van der Waals surface area (Å²) in [4.78, 5) is 32.2. The average Bonchev–Trinajstić information content (AvgIpc) is 3.28. The van der Waals surface area contributed by atoms with E-state index in [0.29, 0.717) is 18.4 Å². The van der Waals surface area contributed by atoms with Crippen molar-refractivity contribution in [1.29, 1.82) is 0 Å². The minimum atomic E-state index is 0.110. The summed E-state index contributed by atoms with van der Waals surface area (Å²) in [7, 11) is 0. The van der Waals surface area contributed by atoms with E-state index >= 15 is 0 Å². The van der Waals surface area contributed by atoms with Crippen LogP contribution in [0.25, 0.3) is 9.53 Å². The van der Waals surface area contributed by atoms with Gasteiger partial charge < -0.3 is 4.90 Å². The molecule has 0 aliphatic carbocycles. The summed E-state index contributed by atoms with van der Waals surface area (Å²) in [5.41, 5.74) is 2.59. The molecule has 2 aromatic heterocycles. The number of nitrogens with zero attached hydrogens (tertiary/aromatic N) is 2. The topological polar surface area (TPSA) is 50.3 Å². The molecule has 0 N–H and O–H groups in total. The van der Waals surface area contributed by atoms with Crippen LogP contribution in [0.4, 0.5) is 5.13 Å². The molecule has 3 aromatic rings. The molecule has 140 valence electrons. The first-order valence-corrected chi connectivity index (χ1v) is 11.1. The van der Waals surface area contributed by atoms with Crippen LogP contribution in [0.15, 0.2) is 30.3 Å². The van der Waals surface area contributed by atoms with Crippen molar-refractivity contribution in [3.63, 3.8) is 0 Å². The van der Waals surface area contributed by atoms with Gasteiger partial charge in [-0.2, -0.15) is 0 Å². The smallest absolute Gasteiger partial charge is 0.187 e. The Morgan fingerprint density at radius 1 is 1.04 bits per heavy atom. The molecule has 0 amide bonds. The highest BCUT2D eigenvalue weighted by atomic mass is 32.2. The van der Waals surface area contributed by atoms with E-state index in [9.17, 15) is 9.59 Å². The molecule has 0 bridgehead atoms. The fourth-order valence-corrected chi connectivity index (χ4v) is 5.62. The van der Waals surface area contributed by atoms with Crippen LogP contribution >= 0.6 is 22.7 Å². The molecule has 1 aliphatic rings. The Bertz CT molecular complexity index is 934. The summed E-state index contributed by atoms with van der Waals surface area (Å²) in [6, 6.07) is 9.32. The monoisotopic (exact) mass is 398 g/mol. The van der Waals surface area contributed by atoms with Crippen LogP contribution in [-0.2, 0) is 6.42 Å². The summed E-state index contributed by atoms with van der Waals surface area (Å²) in [5.74, 6) is 0.237. The number of hydrogen-bond acceptors (Lipinski definition) is 6. The molecule has 1 fully saturated rings. The van der Waals surface area contributed by atoms with Gasteiger partial charge in [0.15, 0.2) is 16.7 Å². The number of piperidine rings is 1. The van der Waals surface area contributed by atoms with Crippen molar-refractivity contribution in [2.24, 2.45) is 0 Å². The van der Waals surface area contributed by atoms with Gasteiger partial charge in [0.1, 0.15) is 4.01 Å². The van der Waals surface area contributed by atoms with Gasteiger partial charge in [-0.1, -0.05) is 42.5 Å². The van der Waals surface area contributed by atoms with E-state index in [1.54, 1.807) is 22.7 Å². The summed E-state index contributed by atoms with van der Waals surface area (Å²) < 4.78 is 1.13. The zero-order chi connectivity index (χ0) is 18.8. The van der Waals surface area contributed by atoms with Gasteiger partial charge in [0.25, 0.3) is 0 Å². The molecular formula is C21H22N2O2S2. The lowest BCUT2D eigenvalue weighted by molar-refractivity contribution is 0.0985. The second kappa shape index (κ2) is 7.90. The number of anilines is 1. The molecule has 0 atom stereocenters. The molecule has 1 aromatic carbocycles. The van der Waals surface area contributed by atoms with Gasteiger partial charge in [-0.05, 0) is 30.9 Å². The molecule has 0 saturated carbocycles. The zero-order valence-electron chi connectivity index (χ0n) is 15.4. The fourth-order valence-electron chi connectivity index (χ4n) is 3.37. The predicted molar refractivity (Wildman–Crippen MR) is 113 cm³/mol. The molecule has 0 radical (unpaired) electrons. The molecule has 4 nitrogen and oxygen atoms in total. The van der Waals surface area contributed by atoms with E-state index in [1.165, 1.54) is 19.3 Å². The minimum Gasteiger partial charge on any atom is -0.348 e. The first-order valence-electron chi connectivity index (χ1n) is 9.44. The summed E-state index contributed by atoms with van der Waals surface area (Å²) in [5, 5.41) is 1.09. The number of Topliss-reactive ketones (excluding diaryl/α,β-unsaturated/α-hetero) is 2. The van der Waals surface area contributed by atoms with Crippen molar-refractivity contribution in [3.05, 3.63) is 46.3 Å². The van der Waals surface area contributed by atoms with E-state index in [1.807, 2.05) is 37.3 Å². The van der Waals surface area contributed by atoms with Crippen LogP contribution in [0.2, 0.25) is 0 Å². The number of carbonyl (C=O) groups is 2. The maximum absolute atomic E-state index is 12.7. The molecule has 0 unspecified atom stereocenters. The minimum absolute atomic E-state index is 0.110. The van der Waals surface area contributed by atoms with Gasteiger partial charge in [0, 0.05) is 31.5 Å². The van der Waals surface area contributed by atoms with Gasteiger partial charge in [-0.25, -0.2) is 4.98 Å². The van der Waals surface area contributed by atoms with Gasteiger partial charge in [-0.15, -0.1) is 11.3 Å². The number of benzene rings is 1. The maximum atomic E-state index is 12.7. The van der Waals surface area contributed by atoms with Gasteiger partial charge >= 0.3 is 0 Å². The first-order chi connectivity index (χ1) is 13.1. The Hall–Kier alpha value is -2.05. The van der Waals surface area contributed by atoms with E-state index in [2.05, 4.69) is 4.90 Å². The normalized spacial score (nSPS) is 14.6. The first kappa shape index (κ1) is 18.3. The summed E-state index contributed by atoms with van der Waals surface area (Å²) >= 11 is 3.25. The van der Waals surface area contributed by atoms with Crippen molar-refractivity contribution in [3.8, 4) is 0 Å². The number of aromatic nitrogens is 1. The summed E-state index contributed by atoms with van der Waals surface area (Å²) in [6.07, 6.45) is 4.63. The standard InChI is InChI=1S/C21H22N2O2S2/c1-2-17(24)15-8-6-14(7-9-15)12-18(25)19-13-16-20(26-19)27-21(22-16)23-10-4-3-5-11-23/h6-9,13H,2-5,10-12H2,1H3. The molecule has 6 heteroatoms. The van der Waals surface area contributed by atoms with Crippen LogP contribution in [-0.4, -0.2) is 29.6 Å². The van der Waals surface area contributed by atoms with Crippen LogP contribution in [0.1, 0.15) is 58.2 Å². The SMILES string of the molecule is CCC(=O)c1ccc(CC(=O)c2cc3nc(N4CCCCC4)sc3s2)cc1. The third-order valence-electron chi connectivity index (χ3n) is 4.94. The Balaban J connectivity index is 1.46. The number of rotatable bonds is 6. The van der Waals surface area contributed by atoms with Crippen molar-refractivity contribution in [1.82, 2.24) is 4.98 Å². The molecule has 4 rings (SSSR count). The number of hydrogen-bond donors (Lipinski definition) is 0. The second-order valence-corrected chi connectivity index (χ2v) is 9.19. The third-order valence-corrected chi connectivity index (χ3v) is 7.33. The van der Waals surface area contributed by atoms with Gasteiger partial charge in [0.05, 0.1) is 10.4 Å². The number of fused-ring (bicyclic) bond motifs is 1. The Morgan fingerprint density at radius 3 is 2.44 bits per heavy atom. The molecule has 27 heavy (non-hydrogen) atoms. The van der Waals surface area contributed by atoms with E-state index in [0.717, 1.165) is 38.2 Å².